The first-order valence-electron chi connectivity index (χ1n) is 7.72. The maximum absolute atomic E-state index is 11.0. The van der Waals surface area contributed by atoms with Crippen LogP contribution in [0.2, 0.25) is 0 Å². The van der Waals surface area contributed by atoms with E-state index in [1.807, 2.05) is 6.07 Å². The van der Waals surface area contributed by atoms with Crippen LogP contribution in [0.4, 0.5) is 0 Å². The van der Waals surface area contributed by atoms with Crippen molar-refractivity contribution >= 4 is 0 Å². The summed E-state index contributed by atoms with van der Waals surface area (Å²) < 4.78 is 0. The van der Waals surface area contributed by atoms with Gasteiger partial charge in [0.05, 0.1) is 5.60 Å². The van der Waals surface area contributed by atoms with E-state index in [4.69, 9.17) is 5.73 Å². The molecule has 1 unspecified atom stereocenters. The van der Waals surface area contributed by atoms with Crippen molar-refractivity contribution in [1.82, 2.24) is 4.90 Å². The summed E-state index contributed by atoms with van der Waals surface area (Å²) in [6, 6.07) is 10.5. The van der Waals surface area contributed by atoms with Crippen LogP contribution in [0, 0.1) is 5.41 Å². The Kier molecular flexibility index (Phi) is 4.84. The standard InChI is InChI=1S/C17H28N2O/c1-3-16(2,14-18)17(20)9-11-19(12-10-17)13-15-7-5-4-6-8-15/h4-8,20H,3,9-14,18H2,1-2H3. The van der Waals surface area contributed by atoms with Gasteiger partial charge in [0.15, 0.2) is 0 Å². The molecule has 1 heterocycles. The topological polar surface area (TPSA) is 49.5 Å². The second-order valence-corrected chi connectivity index (χ2v) is 6.41. The number of aliphatic hydroxyl groups is 1. The molecule has 1 aliphatic rings. The smallest absolute Gasteiger partial charge is 0.0737 e. The van der Waals surface area contributed by atoms with Gasteiger partial charge in [-0.3, -0.25) is 4.90 Å². The molecule has 3 nitrogen and oxygen atoms in total. The molecule has 3 heteroatoms. The molecular weight excluding hydrogens is 248 g/mol. The summed E-state index contributed by atoms with van der Waals surface area (Å²) in [5.41, 5.74) is 6.49. The van der Waals surface area contributed by atoms with Crippen LogP contribution in [-0.4, -0.2) is 35.2 Å². The minimum absolute atomic E-state index is 0.161. The third-order valence-electron chi connectivity index (χ3n) is 5.29. The van der Waals surface area contributed by atoms with E-state index in [2.05, 4.69) is 43.0 Å². The Morgan fingerprint density at radius 3 is 2.35 bits per heavy atom. The normalized spacial score (nSPS) is 22.4. The van der Waals surface area contributed by atoms with Gasteiger partial charge in [-0.1, -0.05) is 44.2 Å². The molecule has 1 aromatic rings. The predicted molar refractivity (Wildman–Crippen MR) is 83.4 cm³/mol. The number of hydrogen-bond acceptors (Lipinski definition) is 3. The molecular formula is C17H28N2O. The predicted octanol–water partition coefficient (Wildman–Crippen LogP) is 2.39. The summed E-state index contributed by atoms with van der Waals surface area (Å²) in [6.07, 6.45) is 2.57. The molecule has 0 amide bonds. The molecule has 0 aliphatic carbocycles. The van der Waals surface area contributed by atoms with Gasteiger partial charge < -0.3 is 10.8 Å². The van der Waals surface area contributed by atoms with E-state index in [1.54, 1.807) is 0 Å². The first kappa shape index (κ1) is 15.5. The summed E-state index contributed by atoms with van der Waals surface area (Å²) in [4.78, 5) is 2.43. The molecule has 0 radical (unpaired) electrons. The Morgan fingerprint density at radius 2 is 1.85 bits per heavy atom. The molecule has 2 rings (SSSR count). The van der Waals surface area contributed by atoms with Crippen LogP contribution in [-0.2, 0) is 6.54 Å². The number of nitrogens with two attached hydrogens (primary N) is 1. The number of rotatable bonds is 5. The highest BCUT2D eigenvalue weighted by molar-refractivity contribution is 5.14. The van der Waals surface area contributed by atoms with E-state index < -0.39 is 5.60 Å². The van der Waals surface area contributed by atoms with Crippen molar-refractivity contribution in [2.45, 2.75) is 45.3 Å². The van der Waals surface area contributed by atoms with Gasteiger partial charge in [0.2, 0.25) is 0 Å². The number of piperidine rings is 1. The summed E-state index contributed by atoms with van der Waals surface area (Å²) in [5, 5.41) is 11.0. The van der Waals surface area contributed by atoms with Crippen molar-refractivity contribution < 1.29 is 5.11 Å². The maximum Gasteiger partial charge on any atom is 0.0737 e. The zero-order chi connectivity index (χ0) is 14.6. The quantitative estimate of drug-likeness (QED) is 0.868. The Hall–Kier alpha value is -0.900. The van der Waals surface area contributed by atoms with Gasteiger partial charge in [-0.25, -0.2) is 0 Å². The molecule has 1 saturated heterocycles. The van der Waals surface area contributed by atoms with Crippen molar-refractivity contribution in [3.05, 3.63) is 35.9 Å². The molecule has 1 atom stereocenters. The molecule has 0 aromatic heterocycles. The lowest BCUT2D eigenvalue weighted by molar-refractivity contribution is -0.113. The average Bonchev–Trinajstić information content (AvgIpc) is 2.50. The van der Waals surface area contributed by atoms with Crippen LogP contribution in [0.25, 0.3) is 0 Å². The second kappa shape index (κ2) is 6.25. The van der Waals surface area contributed by atoms with Gasteiger partial charge in [0.1, 0.15) is 0 Å². The Labute approximate surface area is 122 Å². The van der Waals surface area contributed by atoms with Gasteiger partial charge in [0.25, 0.3) is 0 Å². The molecule has 1 fully saturated rings. The summed E-state index contributed by atoms with van der Waals surface area (Å²) in [6.45, 7) is 7.67. The zero-order valence-electron chi connectivity index (χ0n) is 12.8. The first-order chi connectivity index (χ1) is 9.53. The van der Waals surface area contributed by atoms with Crippen LogP contribution in [0.5, 0.6) is 0 Å². The van der Waals surface area contributed by atoms with E-state index in [0.717, 1.165) is 38.9 Å². The fraction of sp³-hybridized carbons (Fsp3) is 0.647. The summed E-state index contributed by atoms with van der Waals surface area (Å²) in [5.74, 6) is 0. The lowest BCUT2D eigenvalue weighted by Gasteiger charge is -2.49. The number of likely N-dealkylation sites (tertiary alicyclic amines) is 1. The second-order valence-electron chi connectivity index (χ2n) is 6.41. The van der Waals surface area contributed by atoms with Crippen LogP contribution >= 0.6 is 0 Å². The number of hydrogen-bond donors (Lipinski definition) is 2. The SMILES string of the molecule is CCC(C)(CN)C1(O)CCN(Cc2ccccc2)CC1. The largest absolute Gasteiger partial charge is 0.389 e. The van der Waals surface area contributed by atoms with Gasteiger partial charge >= 0.3 is 0 Å². The molecule has 1 aliphatic heterocycles. The molecule has 0 bridgehead atoms. The third kappa shape index (κ3) is 3.05. The Balaban J connectivity index is 1.95. The van der Waals surface area contributed by atoms with E-state index in [9.17, 15) is 5.11 Å². The molecule has 20 heavy (non-hydrogen) atoms. The van der Waals surface area contributed by atoms with Crippen molar-refractivity contribution in [3.8, 4) is 0 Å². The van der Waals surface area contributed by atoms with Gasteiger partial charge in [-0.15, -0.1) is 0 Å². The molecule has 1 aromatic carbocycles. The summed E-state index contributed by atoms with van der Waals surface area (Å²) >= 11 is 0. The molecule has 0 saturated carbocycles. The average molecular weight is 276 g/mol. The lowest BCUT2D eigenvalue weighted by Crippen LogP contribution is -2.56. The van der Waals surface area contributed by atoms with Gasteiger partial charge in [0, 0.05) is 31.6 Å². The molecule has 112 valence electrons. The van der Waals surface area contributed by atoms with Crippen LogP contribution in [0.15, 0.2) is 30.3 Å². The third-order valence-corrected chi connectivity index (χ3v) is 5.29. The van der Waals surface area contributed by atoms with E-state index in [-0.39, 0.29) is 5.41 Å². The fourth-order valence-electron chi connectivity index (χ4n) is 3.19. The highest BCUT2D eigenvalue weighted by atomic mass is 16.3. The monoisotopic (exact) mass is 276 g/mol. The van der Waals surface area contributed by atoms with Crippen LogP contribution < -0.4 is 5.73 Å². The zero-order valence-corrected chi connectivity index (χ0v) is 12.8. The maximum atomic E-state index is 11.0. The number of nitrogens with zero attached hydrogens (tertiary/aromatic N) is 1. The van der Waals surface area contributed by atoms with Crippen LogP contribution in [0.3, 0.4) is 0 Å². The van der Waals surface area contributed by atoms with E-state index >= 15 is 0 Å². The van der Waals surface area contributed by atoms with Gasteiger partial charge in [-0.2, -0.15) is 0 Å². The minimum Gasteiger partial charge on any atom is -0.389 e. The molecule has 3 N–H and O–H groups in total. The van der Waals surface area contributed by atoms with Crippen LogP contribution in [0.1, 0.15) is 38.7 Å². The van der Waals surface area contributed by atoms with Crippen molar-refractivity contribution in [3.63, 3.8) is 0 Å². The van der Waals surface area contributed by atoms with Crippen molar-refractivity contribution in [1.29, 1.82) is 0 Å². The minimum atomic E-state index is -0.607. The molecule has 0 spiro atoms. The Morgan fingerprint density at radius 1 is 1.25 bits per heavy atom. The van der Waals surface area contributed by atoms with Crippen molar-refractivity contribution in [2.24, 2.45) is 11.1 Å². The lowest BCUT2D eigenvalue weighted by atomic mass is 9.66. The summed E-state index contributed by atoms with van der Waals surface area (Å²) in [7, 11) is 0. The van der Waals surface area contributed by atoms with E-state index in [0.29, 0.717) is 6.54 Å². The van der Waals surface area contributed by atoms with Crippen molar-refractivity contribution in [2.75, 3.05) is 19.6 Å². The van der Waals surface area contributed by atoms with E-state index in [1.165, 1.54) is 5.56 Å². The Bertz CT molecular complexity index is 406. The van der Waals surface area contributed by atoms with Gasteiger partial charge in [-0.05, 0) is 24.8 Å². The fourth-order valence-corrected chi connectivity index (χ4v) is 3.19. The highest BCUT2D eigenvalue weighted by Gasteiger charge is 2.46. The highest BCUT2D eigenvalue weighted by Crippen LogP contribution is 2.41. The number of benzene rings is 1. The first-order valence-corrected chi connectivity index (χ1v) is 7.72.